The first-order chi connectivity index (χ1) is 11.8. The SMILES string of the molecule is CCCS(=O)(=O)N1CCC(NC(=O)Nc2cnn(CC(F)F)c2)CC1. The summed E-state index contributed by atoms with van der Waals surface area (Å²) in [4.78, 5) is 12.0. The largest absolute Gasteiger partial charge is 0.335 e. The summed E-state index contributed by atoms with van der Waals surface area (Å²) in [6.07, 6.45) is 1.73. The van der Waals surface area contributed by atoms with Crippen molar-refractivity contribution in [2.24, 2.45) is 0 Å². The number of sulfonamides is 1. The van der Waals surface area contributed by atoms with Gasteiger partial charge in [0.1, 0.15) is 6.54 Å². The predicted molar refractivity (Wildman–Crippen MR) is 89.1 cm³/mol. The Hall–Kier alpha value is -1.75. The average Bonchev–Trinajstić information content (AvgIpc) is 2.93. The molecule has 1 saturated heterocycles. The molecule has 2 rings (SSSR count). The minimum Gasteiger partial charge on any atom is -0.335 e. The highest BCUT2D eigenvalue weighted by Crippen LogP contribution is 2.15. The van der Waals surface area contributed by atoms with E-state index in [4.69, 9.17) is 0 Å². The summed E-state index contributed by atoms with van der Waals surface area (Å²) in [7, 11) is -3.21. The van der Waals surface area contributed by atoms with Crippen LogP contribution in [0.15, 0.2) is 12.4 Å². The van der Waals surface area contributed by atoms with Gasteiger partial charge in [0.2, 0.25) is 10.0 Å². The number of alkyl halides is 2. The number of carbonyl (C=O) groups excluding carboxylic acids is 1. The second-order valence-electron chi connectivity index (χ2n) is 5.93. The lowest BCUT2D eigenvalue weighted by Gasteiger charge is -2.31. The lowest BCUT2D eigenvalue weighted by Crippen LogP contribution is -2.47. The molecular weight excluding hydrogens is 356 g/mol. The molecule has 1 aliphatic heterocycles. The van der Waals surface area contributed by atoms with E-state index < -0.39 is 29.0 Å². The van der Waals surface area contributed by atoms with Gasteiger partial charge in [0.05, 0.1) is 17.6 Å². The number of hydrogen-bond acceptors (Lipinski definition) is 4. The monoisotopic (exact) mass is 379 g/mol. The van der Waals surface area contributed by atoms with Crippen LogP contribution in [0.3, 0.4) is 0 Å². The van der Waals surface area contributed by atoms with E-state index in [1.165, 1.54) is 16.7 Å². The fourth-order valence-corrected chi connectivity index (χ4v) is 4.23. The summed E-state index contributed by atoms with van der Waals surface area (Å²) in [5.74, 6) is 0.133. The number of urea groups is 1. The molecule has 1 aromatic heterocycles. The fraction of sp³-hybridized carbons (Fsp3) is 0.714. The van der Waals surface area contributed by atoms with Crippen LogP contribution in [0.4, 0.5) is 19.3 Å². The van der Waals surface area contributed by atoms with Crippen LogP contribution in [0, 0.1) is 0 Å². The molecule has 11 heteroatoms. The van der Waals surface area contributed by atoms with Gasteiger partial charge in [0.25, 0.3) is 6.43 Å². The molecule has 1 aromatic rings. The maximum atomic E-state index is 12.3. The zero-order valence-electron chi connectivity index (χ0n) is 14.0. The third-order valence-electron chi connectivity index (χ3n) is 3.86. The van der Waals surface area contributed by atoms with E-state index in [0.717, 1.165) is 4.68 Å². The maximum absolute atomic E-state index is 12.3. The number of piperidine rings is 1. The minimum absolute atomic E-state index is 0.133. The Bertz CT molecular complexity index is 672. The van der Waals surface area contributed by atoms with Crippen molar-refractivity contribution in [2.75, 3.05) is 24.2 Å². The van der Waals surface area contributed by atoms with Crippen molar-refractivity contribution >= 4 is 21.7 Å². The van der Waals surface area contributed by atoms with Gasteiger partial charge in [-0.25, -0.2) is 26.3 Å². The van der Waals surface area contributed by atoms with Crippen LogP contribution in [0.25, 0.3) is 0 Å². The molecular formula is C14H23F2N5O3S. The first kappa shape index (κ1) is 19.6. The zero-order chi connectivity index (χ0) is 18.4. The summed E-state index contributed by atoms with van der Waals surface area (Å²) < 4.78 is 51.0. The third kappa shape index (κ3) is 5.92. The molecule has 8 nitrogen and oxygen atoms in total. The Kier molecular flexibility index (Phi) is 6.71. The van der Waals surface area contributed by atoms with Crippen molar-refractivity contribution in [1.82, 2.24) is 19.4 Å². The molecule has 25 heavy (non-hydrogen) atoms. The number of carbonyl (C=O) groups is 1. The number of anilines is 1. The zero-order valence-corrected chi connectivity index (χ0v) is 14.8. The number of nitrogens with one attached hydrogen (secondary N) is 2. The van der Waals surface area contributed by atoms with Gasteiger partial charge in [-0.3, -0.25) is 4.68 Å². The highest BCUT2D eigenvalue weighted by atomic mass is 32.2. The van der Waals surface area contributed by atoms with E-state index >= 15 is 0 Å². The molecule has 0 aromatic carbocycles. The lowest BCUT2D eigenvalue weighted by atomic mass is 10.1. The van der Waals surface area contributed by atoms with Crippen LogP contribution < -0.4 is 10.6 Å². The van der Waals surface area contributed by atoms with Gasteiger partial charge in [-0.1, -0.05) is 6.92 Å². The van der Waals surface area contributed by atoms with Gasteiger partial charge in [-0.15, -0.1) is 0 Å². The molecule has 0 saturated carbocycles. The molecule has 0 unspecified atom stereocenters. The standard InChI is InChI=1S/C14H23F2N5O3S/c1-2-7-25(23,24)21-5-3-11(4-6-21)18-14(22)19-12-8-17-20(9-12)10-13(15)16/h8-9,11,13H,2-7,10H2,1H3,(H2,18,19,22). The highest BCUT2D eigenvalue weighted by molar-refractivity contribution is 7.89. The fourth-order valence-electron chi connectivity index (χ4n) is 2.69. The van der Waals surface area contributed by atoms with Crippen LogP contribution in [0.1, 0.15) is 26.2 Å². The smallest absolute Gasteiger partial charge is 0.319 e. The topological polar surface area (TPSA) is 96.3 Å². The normalized spacial score (nSPS) is 17.0. The summed E-state index contributed by atoms with van der Waals surface area (Å²) in [5, 5.41) is 9.03. The van der Waals surface area contributed by atoms with Crippen molar-refractivity contribution in [3.8, 4) is 0 Å². The third-order valence-corrected chi connectivity index (χ3v) is 5.94. The lowest BCUT2D eigenvalue weighted by molar-refractivity contribution is 0.122. The number of aromatic nitrogens is 2. The van der Waals surface area contributed by atoms with Crippen LogP contribution in [0.2, 0.25) is 0 Å². The van der Waals surface area contributed by atoms with E-state index in [1.807, 2.05) is 6.92 Å². The summed E-state index contributed by atoms with van der Waals surface area (Å²) in [5.41, 5.74) is 0.320. The number of hydrogen-bond donors (Lipinski definition) is 2. The Labute approximate surface area is 145 Å². The van der Waals surface area contributed by atoms with Crippen LogP contribution >= 0.6 is 0 Å². The predicted octanol–water partition coefficient (Wildman–Crippen LogP) is 1.47. The molecule has 0 spiro atoms. The van der Waals surface area contributed by atoms with Crippen molar-refractivity contribution in [3.05, 3.63) is 12.4 Å². The summed E-state index contributed by atoms with van der Waals surface area (Å²) in [6, 6.07) is -0.601. The van der Waals surface area contributed by atoms with Crippen molar-refractivity contribution in [1.29, 1.82) is 0 Å². The first-order valence-corrected chi connectivity index (χ1v) is 9.77. The van der Waals surface area contributed by atoms with Gasteiger partial charge in [-0.05, 0) is 19.3 Å². The second kappa shape index (κ2) is 8.56. The number of halogens is 2. The highest BCUT2D eigenvalue weighted by Gasteiger charge is 2.28. The van der Waals surface area contributed by atoms with E-state index in [1.54, 1.807) is 0 Å². The molecule has 0 atom stereocenters. The number of rotatable bonds is 7. The Morgan fingerprint density at radius 3 is 2.68 bits per heavy atom. The Balaban J connectivity index is 1.78. The molecule has 2 heterocycles. The van der Waals surface area contributed by atoms with Crippen LogP contribution in [-0.2, 0) is 16.6 Å². The molecule has 0 radical (unpaired) electrons. The van der Waals surface area contributed by atoms with E-state index in [0.29, 0.717) is 38.0 Å². The minimum atomic E-state index is -3.21. The van der Waals surface area contributed by atoms with Gasteiger partial charge in [0.15, 0.2) is 0 Å². The van der Waals surface area contributed by atoms with Crippen molar-refractivity contribution in [2.45, 2.75) is 45.2 Å². The Morgan fingerprint density at radius 2 is 2.08 bits per heavy atom. The maximum Gasteiger partial charge on any atom is 0.319 e. The van der Waals surface area contributed by atoms with E-state index in [2.05, 4.69) is 15.7 Å². The second-order valence-corrected chi connectivity index (χ2v) is 8.02. The molecule has 2 N–H and O–H groups in total. The molecule has 1 fully saturated rings. The average molecular weight is 379 g/mol. The quantitative estimate of drug-likeness (QED) is 0.750. The molecule has 142 valence electrons. The van der Waals surface area contributed by atoms with Crippen LogP contribution in [-0.4, -0.2) is 59.8 Å². The van der Waals surface area contributed by atoms with Gasteiger partial charge < -0.3 is 10.6 Å². The first-order valence-electron chi connectivity index (χ1n) is 8.16. The molecule has 0 aliphatic carbocycles. The molecule has 0 bridgehead atoms. The van der Waals surface area contributed by atoms with Crippen molar-refractivity contribution < 1.29 is 22.0 Å². The molecule has 2 amide bonds. The van der Waals surface area contributed by atoms with Gasteiger partial charge >= 0.3 is 6.03 Å². The number of nitrogens with zero attached hydrogens (tertiary/aromatic N) is 3. The van der Waals surface area contributed by atoms with Gasteiger partial charge in [0, 0.05) is 25.3 Å². The van der Waals surface area contributed by atoms with E-state index in [9.17, 15) is 22.0 Å². The van der Waals surface area contributed by atoms with E-state index in [-0.39, 0.29) is 11.8 Å². The Morgan fingerprint density at radius 1 is 1.40 bits per heavy atom. The summed E-state index contributed by atoms with van der Waals surface area (Å²) in [6.45, 7) is 2.03. The van der Waals surface area contributed by atoms with Crippen molar-refractivity contribution in [3.63, 3.8) is 0 Å². The van der Waals surface area contributed by atoms with Gasteiger partial charge in [-0.2, -0.15) is 5.10 Å². The number of amides is 2. The van der Waals surface area contributed by atoms with Crippen LogP contribution in [0.5, 0.6) is 0 Å². The summed E-state index contributed by atoms with van der Waals surface area (Å²) >= 11 is 0. The molecule has 1 aliphatic rings.